The van der Waals surface area contributed by atoms with Crippen molar-refractivity contribution in [1.82, 2.24) is 15.5 Å². The van der Waals surface area contributed by atoms with E-state index in [1.165, 1.54) is 0 Å². The van der Waals surface area contributed by atoms with Crippen molar-refractivity contribution < 1.29 is 19.1 Å². The molecule has 2 N–H and O–H groups in total. The molecule has 3 atom stereocenters. The Morgan fingerprint density at radius 2 is 1.53 bits per heavy atom. The van der Waals surface area contributed by atoms with Crippen molar-refractivity contribution in [3.63, 3.8) is 0 Å². The average molecular weight is 504 g/mol. The van der Waals surface area contributed by atoms with Crippen molar-refractivity contribution in [3.8, 4) is 0 Å². The van der Waals surface area contributed by atoms with Crippen LogP contribution in [-0.4, -0.2) is 46.0 Å². The molecule has 0 aliphatic heterocycles. The summed E-state index contributed by atoms with van der Waals surface area (Å²) in [4.78, 5) is 42.4. The fourth-order valence-electron chi connectivity index (χ4n) is 4.14. The van der Waals surface area contributed by atoms with Crippen LogP contribution in [-0.2, 0) is 14.3 Å². The highest BCUT2D eigenvalue weighted by Gasteiger charge is 2.43. The van der Waals surface area contributed by atoms with Crippen molar-refractivity contribution in [2.75, 3.05) is 0 Å². The fourth-order valence-corrected chi connectivity index (χ4v) is 4.14. The van der Waals surface area contributed by atoms with Crippen LogP contribution in [0.1, 0.15) is 107 Å². The minimum Gasteiger partial charge on any atom is -0.444 e. The Morgan fingerprint density at radius 1 is 0.944 bits per heavy atom. The normalized spacial score (nSPS) is 14.5. The number of nitrogens with zero attached hydrogens (tertiary/aromatic N) is 1. The molecule has 1 aromatic rings. The summed E-state index contributed by atoms with van der Waals surface area (Å²) >= 11 is 0. The summed E-state index contributed by atoms with van der Waals surface area (Å²) in [6.45, 7) is 19.3. The molecule has 0 fully saturated rings. The number of alkyl carbamates (subject to hydrolysis) is 1. The molecule has 36 heavy (non-hydrogen) atoms. The molecule has 1 rings (SSSR count). The molecule has 3 amide bonds. The van der Waals surface area contributed by atoms with Gasteiger partial charge in [0.05, 0.1) is 0 Å². The molecular formula is C29H49N3O4. The van der Waals surface area contributed by atoms with Gasteiger partial charge in [0, 0.05) is 11.6 Å². The minimum atomic E-state index is -0.844. The van der Waals surface area contributed by atoms with Gasteiger partial charge in [-0.2, -0.15) is 0 Å². The van der Waals surface area contributed by atoms with Gasteiger partial charge in [0.15, 0.2) is 0 Å². The summed E-state index contributed by atoms with van der Waals surface area (Å²) < 4.78 is 5.46. The van der Waals surface area contributed by atoms with Crippen molar-refractivity contribution in [2.45, 2.75) is 124 Å². The van der Waals surface area contributed by atoms with Gasteiger partial charge in [-0.05, 0) is 72.3 Å². The molecule has 1 aromatic carbocycles. The van der Waals surface area contributed by atoms with Gasteiger partial charge in [0.25, 0.3) is 0 Å². The smallest absolute Gasteiger partial charge is 0.408 e. The van der Waals surface area contributed by atoms with E-state index in [1.807, 2.05) is 71.9 Å². The lowest BCUT2D eigenvalue weighted by atomic mass is 9.90. The van der Waals surface area contributed by atoms with Gasteiger partial charge in [-0.3, -0.25) is 9.59 Å². The predicted molar refractivity (Wildman–Crippen MR) is 146 cm³/mol. The summed E-state index contributed by atoms with van der Waals surface area (Å²) in [6, 6.07) is 7.68. The lowest BCUT2D eigenvalue weighted by Gasteiger charge is -2.45. The van der Waals surface area contributed by atoms with Crippen LogP contribution in [0.2, 0.25) is 0 Å². The third-order valence-corrected chi connectivity index (χ3v) is 6.18. The second-order valence-electron chi connectivity index (χ2n) is 11.7. The largest absolute Gasteiger partial charge is 0.444 e. The van der Waals surface area contributed by atoms with E-state index in [1.54, 1.807) is 25.7 Å². The van der Waals surface area contributed by atoms with Crippen LogP contribution >= 0.6 is 0 Å². The highest BCUT2D eigenvalue weighted by molar-refractivity contribution is 5.92. The van der Waals surface area contributed by atoms with Crippen LogP contribution in [0.25, 0.3) is 0 Å². The molecule has 7 nitrogen and oxygen atoms in total. The van der Waals surface area contributed by atoms with E-state index in [0.717, 1.165) is 18.4 Å². The molecule has 0 aliphatic carbocycles. The zero-order chi connectivity index (χ0) is 27.7. The second-order valence-corrected chi connectivity index (χ2v) is 11.7. The number of rotatable bonds is 12. The highest BCUT2D eigenvalue weighted by atomic mass is 16.6. The SMILES string of the molecule is CCCC(C)NC(=O)C(c1ccccc1)N(C(=O)C(CC(C)C)NC(=O)OC(C)(C)C)C(C)(C)CC. The van der Waals surface area contributed by atoms with Crippen molar-refractivity contribution in [3.05, 3.63) is 35.9 Å². The number of ether oxygens (including phenoxy) is 1. The maximum absolute atomic E-state index is 14.3. The van der Waals surface area contributed by atoms with E-state index in [4.69, 9.17) is 4.74 Å². The summed E-state index contributed by atoms with van der Waals surface area (Å²) in [5.74, 6) is -0.389. The van der Waals surface area contributed by atoms with Crippen molar-refractivity contribution >= 4 is 17.9 Å². The summed E-state index contributed by atoms with van der Waals surface area (Å²) in [5, 5.41) is 5.92. The van der Waals surface area contributed by atoms with Gasteiger partial charge >= 0.3 is 6.09 Å². The van der Waals surface area contributed by atoms with E-state index in [0.29, 0.717) is 12.8 Å². The van der Waals surface area contributed by atoms with Gasteiger partial charge in [0.1, 0.15) is 17.7 Å². The molecule has 0 aliphatic rings. The fraction of sp³-hybridized carbons (Fsp3) is 0.690. The standard InChI is InChI=1S/C29H49N3O4/c1-11-16-21(5)30-25(33)24(22-17-14-13-15-18-22)32(29(9,10)12-2)26(34)23(19-20(3)4)31-27(35)36-28(6,7)8/h13-15,17-18,20-21,23-24H,11-12,16,19H2,1-10H3,(H,30,33)(H,31,35). The summed E-state index contributed by atoms with van der Waals surface area (Å²) in [5.41, 5.74) is -0.623. The van der Waals surface area contributed by atoms with Crippen molar-refractivity contribution in [2.24, 2.45) is 5.92 Å². The lowest BCUT2D eigenvalue weighted by molar-refractivity contribution is -0.150. The van der Waals surface area contributed by atoms with Crippen LogP contribution in [0.5, 0.6) is 0 Å². The van der Waals surface area contributed by atoms with E-state index >= 15 is 0 Å². The Hall–Kier alpha value is -2.57. The van der Waals surface area contributed by atoms with Crippen molar-refractivity contribution in [1.29, 1.82) is 0 Å². The van der Waals surface area contributed by atoms with E-state index in [2.05, 4.69) is 17.6 Å². The average Bonchev–Trinajstić information content (AvgIpc) is 2.75. The maximum Gasteiger partial charge on any atom is 0.408 e. The molecule has 0 saturated carbocycles. The Labute approximate surface area is 218 Å². The first kappa shape index (κ1) is 31.5. The molecule has 0 spiro atoms. The molecule has 0 bridgehead atoms. The van der Waals surface area contributed by atoms with E-state index in [-0.39, 0.29) is 23.8 Å². The van der Waals surface area contributed by atoms with Gasteiger partial charge in [-0.1, -0.05) is 64.4 Å². The third kappa shape index (κ3) is 9.82. The maximum atomic E-state index is 14.3. The Balaban J connectivity index is 3.57. The number of carbonyl (C=O) groups excluding carboxylic acids is 3. The quantitative estimate of drug-likeness (QED) is 0.367. The van der Waals surface area contributed by atoms with E-state index in [9.17, 15) is 14.4 Å². The zero-order valence-electron chi connectivity index (χ0n) is 24.1. The summed E-state index contributed by atoms with van der Waals surface area (Å²) in [6.07, 6.45) is 2.18. The molecule has 7 heteroatoms. The van der Waals surface area contributed by atoms with Gasteiger partial charge in [-0.25, -0.2) is 4.79 Å². The number of nitrogens with one attached hydrogen (secondary N) is 2. The molecule has 204 valence electrons. The first-order chi connectivity index (χ1) is 16.6. The monoisotopic (exact) mass is 503 g/mol. The summed E-state index contributed by atoms with van der Waals surface area (Å²) in [7, 11) is 0. The molecular weight excluding hydrogens is 454 g/mol. The van der Waals surface area contributed by atoms with Crippen LogP contribution in [0.3, 0.4) is 0 Å². The molecule has 0 heterocycles. The minimum absolute atomic E-state index is 0.0262. The second kappa shape index (κ2) is 13.7. The Morgan fingerprint density at radius 3 is 2.00 bits per heavy atom. The van der Waals surface area contributed by atoms with Gasteiger partial charge in [0.2, 0.25) is 11.8 Å². The highest BCUT2D eigenvalue weighted by Crippen LogP contribution is 2.33. The number of hydrogen-bond acceptors (Lipinski definition) is 4. The number of benzene rings is 1. The predicted octanol–water partition coefficient (Wildman–Crippen LogP) is 5.99. The molecule has 0 saturated heterocycles. The van der Waals surface area contributed by atoms with Crippen LogP contribution in [0, 0.1) is 5.92 Å². The van der Waals surface area contributed by atoms with Crippen LogP contribution in [0.15, 0.2) is 30.3 Å². The Bertz CT molecular complexity index is 846. The van der Waals surface area contributed by atoms with Gasteiger partial charge < -0.3 is 20.3 Å². The van der Waals surface area contributed by atoms with Gasteiger partial charge in [-0.15, -0.1) is 0 Å². The number of carbonyl (C=O) groups is 3. The first-order valence-corrected chi connectivity index (χ1v) is 13.3. The molecule has 0 radical (unpaired) electrons. The zero-order valence-corrected chi connectivity index (χ0v) is 24.1. The molecule has 0 aromatic heterocycles. The van der Waals surface area contributed by atoms with E-state index < -0.39 is 29.3 Å². The number of hydrogen-bond donors (Lipinski definition) is 2. The van der Waals surface area contributed by atoms with Crippen LogP contribution < -0.4 is 10.6 Å². The first-order valence-electron chi connectivity index (χ1n) is 13.3. The lowest BCUT2D eigenvalue weighted by Crippen LogP contribution is -2.60. The molecule has 3 unspecified atom stereocenters. The topological polar surface area (TPSA) is 87.7 Å². The number of amides is 3. The Kier molecular flexibility index (Phi) is 11.9. The third-order valence-electron chi connectivity index (χ3n) is 6.18. The van der Waals surface area contributed by atoms with Crippen LogP contribution in [0.4, 0.5) is 4.79 Å².